The highest BCUT2D eigenvalue weighted by Gasteiger charge is 2.39. The van der Waals surface area contributed by atoms with Gasteiger partial charge < -0.3 is 16.0 Å². The van der Waals surface area contributed by atoms with E-state index in [1.165, 1.54) is 22.7 Å². The first-order chi connectivity index (χ1) is 14.9. The number of amides is 1. The highest BCUT2D eigenvalue weighted by Crippen LogP contribution is 2.31. The Morgan fingerprint density at radius 3 is 2.47 bits per heavy atom. The summed E-state index contributed by atoms with van der Waals surface area (Å²) in [5, 5.41) is 11.4. The molecule has 7 nitrogen and oxygen atoms in total. The Morgan fingerprint density at radius 2 is 1.84 bits per heavy atom. The molecule has 1 amide bonds. The number of anilines is 2. The average Bonchev–Trinajstić information content (AvgIpc) is 3.07. The zero-order valence-electron chi connectivity index (χ0n) is 16.1. The quantitative estimate of drug-likeness (QED) is 0.298. The summed E-state index contributed by atoms with van der Waals surface area (Å²) < 4.78 is 81.1. The van der Waals surface area contributed by atoms with Crippen LogP contribution in [0.5, 0.6) is 0 Å². The van der Waals surface area contributed by atoms with Gasteiger partial charge in [0.25, 0.3) is 5.91 Å². The molecule has 3 rings (SSSR count). The van der Waals surface area contributed by atoms with Crippen LogP contribution in [0.4, 0.5) is 37.8 Å². The minimum absolute atomic E-state index is 0.0918. The average molecular weight is 456 g/mol. The minimum Gasteiger partial charge on any atom is -0.337 e. The Bertz CT molecular complexity index is 1210. The van der Waals surface area contributed by atoms with Gasteiger partial charge in [0.1, 0.15) is 22.9 Å². The number of aromatic nitrogens is 3. The highest BCUT2D eigenvalue weighted by atomic mass is 19.4. The first-order valence-corrected chi connectivity index (χ1v) is 8.78. The van der Waals surface area contributed by atoms with Crippen molar-refractivity contribution in [3.63, 3.8) is 0 Å². The fourth-order valence-corrected chi connectivity index (χ4v) is 2.77. The van der Waals surface area contributed by atoms with Gasteiger partial charge in [0, 0.05) is 24.3 Å². The Labute approximate surface area is 176 Å². The number of nitrogens with zero attached hydrogens (tertiary/aromatic N) is 3. The summed E-state index contributed by atoms with van der Waals surface area (Å²) in [4.78, 5) is 19.7. The molecule has 3 heterocycles. The summed E-state index contributed by atoms with van der Waals surface area (Å²) in [5.41, 5.74) is -3.63. The van der Waals surface area contributed by atoms with Crippen LogP contribution in [0, 0.1) is 12.3 Å². The number of carbonyl (C=O) groups excluding carboxylic acids is 1. The zero-order valence-corrected chi connectivity index (χ0v) is 16.1. The van der Waals surface area contributed by atoms with Crippen LogP contribution in [-0.4, -0.2) is 32.7 Å². The largest absolute Gasteiger partial charge is 0.433 e. The van der Waals surface area contributed by atoms with Crippen molar-refractivity contribution in [3.8, 4) is 0 Å². The first-order valence-electron chi connectivity index (χ1n) is 8.78. The maximum Gasteiger partial charge on any atom is 0.433 e. The van der Waals surface area contributed by atoms with Crippen molar-refractivity contribution in [3.05, 3.63) is 65.4 Å². The maximum absolute atomic E-state index is 13.8. The van der Waals surface area contributed by atoms with Crippen LogP contribution in [0.3, 0.4) is 0 Å². The van der Waals surface area contributed by atoms with Crippen molar-refractivity contribution >= 4 is 29.3 Å². The fourth-order valence-electron chi connectivity index (χ4n) is 2.77. The number of nitrogens with one attached hydrogen (secondary N) is 3. The van der Waals surface area contributed by atoms with Gasteiger partial charge in [0.2, 0.25) is 0 Å². The van der Waals surface area contributed by atoms with Crippen molar-refractivity contribution in [1.29, 1.82) is 5.41 Å². The number of aryl methyl sites for hydroxylation is 1. The first kappa shape index (κ1) is 22.8. The Balaban J connectivity index is 2.01. The van der Waals surface area contributed by atoms with E-state index in [1.54, 1.807) is 13.0 Å². The van der Waals surface area contributed by atoms with Gasteiger partial charge in [-0.3, -0.25) is 14.2 Å². The molecule has 0 aliphatic heterocycles. The number of rotatable bonds is 5. The summed E-state index contributed by atoms with van der Waals surface area (Å²) in [6, 6.07) is 5.75. The number of carbonyl (C=O) groups is 1. The molecule has 0 fully saturated rings. The van der Waals surface area contributed by atoms with E-state index in [9.17, 15) is 31.1 Å². The zero-order chi connectivity index (χ0) is 23.7. The van der Waals surface area contributed by atoms with Crippen molar-refractivity contribution < 1.29 is 31.1 Å². The molecular weight excluding hydrogens is 442 g/mol. The van der Waals surface area contributed by atoms with Crippen LogP contribution in [0.2, 0.25) is 0 Å². The molecule has 0 atom stereocenters. The second-order valence-corrected chi connectivity index (χ2v) is 6.46. The van der Waals surface area contributed by atoms with Gasteiger partial charge in [0.05, 0.1) is 11.3 Å². The van der Waals surface area contributed by atoms with Crippen LogP contribution >= 0.6 is 0 Å². The van der Waals surface area contributed by atoms with E-state index in [0.717, 1.165) is 12.3 Å². The van der Waals surface area contributed by atoms with Gasteiger partial charge in [-0.2, -0.15) is 26.3 Å². The molecule has 0 saturated carbocycles. The van der Waals surface area contributed by atoms with Crippen molar-refractivity contribution in [2.45, 2.75) is 19.3 Å². The van der Waals surface area contributed by atoms with E-state index in [0.29, 0.717) is 17.4 Å². The van der Waals surface area contributed by atoms with Gasteiger partial charge in [-0.15, -0.1) is 0 Å². The third-order valence-electron chi connectivity index (χ3n) is 4.12. The molecule has 3 aromatic rings. The highest BCUT2D eigenvalue weighted by molar-refractivity contribution is 6.18. The molecule has 0 unspecified atom stereocenters. The molecule has 32 heavy (non-hydrogen) atoms. The smallest absolute Gasteiger partial charge is 0.337 e. The summed E-state index contributed by atoms with van der Waals surface area (Å²) in [5.74, 6) is -1.53. The summed E-state index contributed by atoms with van der Waals surface area (Å²) in [7, 11) is 0. The Kier molecular flexibility index (Phi) is 5.92. The van der Waals surface area contributed by atoms with E-state index in [2.05, 4.69) is 15.3 Å². The second-order valence-electron chi connectivity index (χ2n) is 6.46. The molecule has 0 bridgehead atoms. The summed E-state index contributed by atoms with van der Waals surface area (Å²) >= 11 is 0. The number of hydrogen-bond acceptors (Lipinski definition) is 5. The molecule has 0 saturated heterocycles. The Hall–Kier alpha value is -3.90. The molecular formula is C19H14F6N6O. The predicted molar refractivity (Wildman–Crippen MR) is 103 cm³/mol. The third kappa shape index (κ3) is 4.87. The maximum atomic E-state index is 13.8. The predicted octanol–water partition coefficient (Wildman–Crippen LogP) is 4.57. The van der Waals surface area contributed by atoms with Crippen molar-refractivity contribution in [2.75, 3.05) is 10.6 Å². The molecule has 3 aromatic heterocycles. The van der Waals surface area contributed by atoms with E-state index >= 15 is 0 Å². The summed E-state index contributed by atoms with van der Waals surface area (Å²) in [6.07, 6.45) is -7.54. The normalized spacial score (nSPS) is 13.0. The number of hydrogen-bond donors (Lipinski definition) is 3. The second kappa shape index (κ2) is 8.32. The minimum atomic E-state index is -5.10. The van der Waals surface area contributed by atoms with E-state index in [4.69, 9.17) is 5.41 Å². The third-order valence-corrected chi connectivity index (χ3v) is 4.12. The molecule has 0 radical (unpaired) electrons. The SMILES string of the molecule is Cc1cn2c(N/C(=C(\C=N)C(=O)Nc3ccnc(C(F)(F)F)c3)C(F)(F)F)cccc2n1. The molecule has 3 N–H and O–H groups in total. The van der Waals surface area contributed by atoms with Crippen molar-refractivity contribution in [2.24, 2.45) is 0 Å². The number of halogens is 6. The van der Waals surface area contributed by atoms with Gasteiger partial charge in [-0.1, -0.05) is 6.07 Å². The molecule has 0 aliphatic carbocycles. The molecule has 0 spiro atoms. The van der Waals surface area contributed by atoms with E-state index in [1.807, 2.05) is 5.32 Å². The number of allylic oxidation sites excluding steroid dienone is 1. The number of alkyl halides is 6. The van der Waals surface area contributed by atoms with Gasteiger partial charge in [0.15, 0.2) is 0 Å². The lowest BCUT2D eigenvalue weighted by molar-refractivity contribution is -0.141. The van der Waals surface area contributed by atoms with E-state index < -0.39 is 40.9 Å². The van der Waals surface area contributed by atoms with Crippen LogP contribution < -0.4 is 10.6 Å². The topological polar surface area (TPSA) is 95.2 Å². The van der Waals surface area contributed by atoms with Crippen LogP contribution in [0.15, 0.2) is 54.0 Å². The van der Waals surface area contributed by atoms with Gasteiger partial charge in [-0.25, -0.2) is 4.98 Å². The van der Waals surface area contributed by atoms with E-state index in [-0.39, 0.29) is 12.0 Å². The number of imidazole rings is 1. The lowest BCUT2D eigenvalue weighted by atomic mass is 10.1. The molecule has 168 valence electrons. The molecule has 0 aliphatic rings. The fraction of sp³-hybridized carbons (Fsp3) is 0.158. The van der Waals surface area contributed by atoms with Gasteiger partial charge in [-0.05, 0) is 31.2 Å². The monoisotopic (exact) mass is 456 g/mol. The molecule has 13 heteroatoms. The molecule has 0 aromatic carbocycles. The lowest BCUT2D eigenvalue weighted by Crippen LogP contribution is -2.28. The number of pyridine rings is 2. The standard InChI is InChI=1S/C19H14F6N6O/c1-10-9-31-14(28-10)3-2-4-15(31)30-16(19(23,24)25)12(8-26)17(32)29-11-5-6-27-13(7-11)18(20,21)22/h2-9,26,30H,1H3,(H,27,29,32)/b16-12+,26-8?. The van der Waals surface area contributed by atoms with Crippen LogP contribution in [0.25, 0.3) is 5.65 Å². The Morgan fingerprint density at radius 1 is 1.12 bits per heavy atom. The number of fused-ring (bicyclic) bond motifs is 1. The lowest BCUT2D eigenvalue weighted by Gasteiger charge is -2.18. The summed E-state index contributed by atoms with van der Waals surface area (Å²) in [6.45, 7) is 1.64. The van der Waals surface area contributed by atoms with Crippen LogP contribution in [-0.2, 0) is 11.0 Å². The van der Waals surface area contributed by atoms with Crippen LogP contribution in [0.1, 0.15) is 11.4 Å². The van der Waals surface area contributed by atoms with Crippen molar-refractivity contribution in [1.82, 2.24) is 14.4 Å². The van der Waals surface area contributed by atoms with Gasteiger partial charge >= 0.3 is 12.4 Å².